The fraction of sp³-hybridized carbons (Fsp3) is 0.533. The number of rotatable bonds is 3. The van der Waals surface area contributed by atoms with Crippen LogP contribution < -0.4 is 10.6 Å². The van der Waals surface area contributed by atoms with Crippen LogP contribution in [0.2, 0.25) is 5.02 Å². The second kappa shape index (κ2) is 5.62. The Labute approximate surface area is 124 Å². The first-order chi connectivity index (χ1) is 9.67. The predicted molar refractivity (Wildman–Crippen MR) is 81.4 cm³/mol. The summed E-state index contributed by atoms with van der Waals surface area (Å²) >= 11 is 6.08. The summed E-state index contributed by atoms with van der Waals surface area (Å²) in [6.07, 6.45) is 2.54. The minimum Gasteiger partial charge on any atom is -0.381 e. The Morgan fingerprint density at radius 3 is 2.70 bits per heavy atom. The summed E-state index contributed by atoms with van der Waals surface area (Å²) in [6.45, 7) is 3.56. The van der Waals surface area contributed by atoms with Gasteiger partial charge in [0.15, 0.2) is 0 Å². The van der Waals surface area contributed by atoms with Gasteiger partial charge in [0.1, 0.15) is 0 Å². The molecule has 108 valence electrons. The van der Waals surface area contributed by atoms with Crippen LogP contribution in [0, 0.1) is 5.92 Å². The minimum atomic E-state index is -0.146. The molecule has 0 saturated carbocycles. The van der Waals surface area contributed by atoms with Crippen molar-refractivity contribution in [2.75, 3.05) is 32.0 Å². The van der Waals surface area contributed by atoms with Crippen molar-refractivity contribution in [3.05, 3.63) is 28.8 Å². The molecule has 3 heterocycles. The van der Waals surface area contributed by atoms with Gasteiger partial charge < -0.3 is 15.5 Å². The van der Waals surface area contributed by atoms with Crippen LogP contribution >= 0.6 is 11.6 Å². The van der Waals surface area contributed by atoms with E-state index in [4.69, 9.17) is 11.6 Å². The summed E-state index contributed by atoms with van der Waals surface area (Å²) in [7, 11) is 1.62. The number of nitrogens with one attached hydrogen (secondary N) is 2. The SMILES string of the molecule is CNC(=O)c1cc(NC2CN3CCC2CC3)ccc1Cl. The number of halogens is 1. The normalized spacial score (nSPS) is 28.2. The molecule has 1 aromatic rings. The number of hydrogen-bond donors (Lipinski definition) is 2. The molecule has 1 unspecified atom stereocenters. The van der Waals surface area contributed by atoms with E-state index in [9.17, 15) is 4.79 Å². The van der Waals surface area contributed by atoms with Crippen LogP contribution in [0.4, 0.5) is 5.69 Å². The number of carbonyl (C=O) groups excluding carboxylic acids is 1. The first kappa shape index (κ1) is 13.7. The monoisotopic (exact) mass is 293 g/mol. The van der Waals surface area contributed by atoms with Crippen molar-refractivity contribution in [2.45, 2.75) is 18.9 Å². The van der Waals surface area contributed by atoms with Crippen molar-refractivity contribution in [1.82, 2.24) is 10.2 Å². The second-order valence-electron chi connectivity index (χ2n) is 5.66. The van der Waals surface area contributed by atoms with Gasteiger partial charge in [-0.15, -0.1) is 0 Å². The molecule has 3 aliphatic heterocycles. The zero-order valence-corrected chi connectivity index (χ0v) is 12.4. The number of hydrogen-bond acceptors (Lipinski definition) is 3. The van der Waals surface area contributed by atoms with Gasteiger partial charge in [-0.25, -0.2) is 0 Å². The first-order valence-electron chi connectivity index (χ1n) is 7.18. The molecule has 4 nitrogen and oxygen atoms in total. The number of amides is 1. The standard InChI is InChI=1S/C15H20ClN3O/c1-17-15(20)12-8-11(2-3-13(12)16)18-14-9-19-6-4-10(14)5-7-19/h2-3,8,10,14,18H,4-7,9H2,1H3,(H,17,20). The number of nitrogens with zero attached hydrogens (tertiary/aromatic N) is 1. The maximum Gasteiger partial charge on any atom is 0.252 e. The highest BCUT2D eigenvalue weighted by Gasteiger charge is 2.33. The lowest BCUT2D eigenvalue weighted by Gasteiger charge is -2.45. The Kier molecular flexibility index (Phi) is 3.85. The first-order valence-corrected chi connectivity index (χ1v) is 7.55. The van der Waals surface area contributed by atoms with E-state index in [0.717, 1.165) is 18.2 Å². The third-order valence-corrected chi connectivity index (χ3v) is 4.78. The van der Waals surface area contributed by atoms with Crippen molar-refractivity contribution in [3.63, 3.8) is 0 Å². The average Bonchev–Trinajstić information content (AvgIpc) is 2.49. The van der Waals surface area contributed by atoms with Crippen molar-refractivity contribution >= 4 is 23.2 Å². The fourth-order valence-corrected chi connectivity index (χ4v) is 3.47. The molecule has 3 saturated heterocycles. The molecule has 3 aliphatic rings. The highest BCUT2D eigenvalue weighted by molar-refractivity contribution is 6.34. The van der Waals surface area contributed by atoms with Crippen LogP contribution in [0.3, 0.4) is 0 Å². The van der Waals surface area contributed by atoms with Crippen LogP contribution in [0.25, 0.3) is 0 Å². The predicted octanol–water partition coefficient (Wildman–Crippen LogP) is 2.21. The number of anilines is 1. The lowest BCUT2D eigenvalue weighted by Crippen LogP contribution is -2.53. The number of benzene rings is 1. The molecule has 2 N–H and O–H groups in total. The summed E-state index contributed by atoms with van der Waals surface area (Å²) in [4.78, 5) is 14.3. The fourth-order valence-electron chi connectivity index (χ4n) is 3.27. The number of carbonyl (C=O) groups is 1. The summed E-state index contributed by atoms with van der Waals surface area (Å²) in [5.41, 5.74) is 1.51. The Balaban J connectivity index is 1.76. The molecule has 1 atom stereocenters. The molecule has 0 radical (unpaired) electrons. The van der Waals surface area contributed by atoms with Gasteiger partial charge in [0.05, 0.1) is 10.6 Å². The summed E-state index contributed by atoms with van der Waals surface area (Å²) in [5.74, 6) is 0.603. The van der Waals surface area contributed by atoms with E-state index >= 15 is 0 Å². The third-order valence-electron chi connectivity index (χ3n) is 4.45. The van der Waals surface area contributed by atoms with Gasteiger partial charge in [0.2, 0.25) is 0 Å². The van der Waals surface area contributed by atoms with Crippen molar-refractivity contribution in [3.8, 4) is 0 Å². The Morgan fingerprint density at radius 2 is 2.10 bits per heavy atom. The van der Waals surface area contributed by atoms with Crippen molar-refractivity contribution < 1.29 is 4.79 Å². The molecular weight excluding hydrogens is 274 g/mol. The molecule has 0 spiro atoms. The number of piperidine rings is 3. The zero-order valence-electron chi connectivity index (χ0n) is 11.7. The lowest BCUT2D eigenvalue weighted by molar-refractivity contribution is 0.0962. The molecule has 2 bridgehead atoms. The van der Waals surface area contributed by atoms with Gasteiger partial charge in [-0.3, -0.25) is 4.79 Å². The Bertz CT molecular complexity index is 512. The molecular formula is C15H20ClN3O. The van der Waals surface area contributed by atoms with Crippen LogP contribution in [0.15, 0.2) is 18.2 Å². The van der Waals surface area contributed by atoms with Gasteiger partial charge >= 0.3 is 0 Å². The van der Waals surface area contributed by atoms with E-state index in [2.05, 4.69) is 15.5 Å². The Morgan fingerprint density at radius 1 is 1.35 bits per heavy atom. The smallest absolute Gasteiger partial charge is 0.252 e. The maximum atomic E-state index is 11.8. The molecule has 1 amide bonds. The van der Waals surface area contributed by atoms with Gasteiger partial charge in [0, 0.05) is 25.3 Å². The average molecular weight is 294 g/mol. The zero-order chi connectivity index (χ0) is 14.1. The van der Waals surface area contributed by atoms with Crippen molar-refractivity contribution in [2.24, 2.45) is 5.92 Å². The molecule has 0 aliphatic carbocycles. The van der Waals surface area contributed by atoms with E-state index in [0.29, 0.717) is 16.6 Å². The summed E-state index contributed by atoms with van der Waals surface area (Å²) in [5, 5.41) is 6.69. The molecule has 20 heavy (non-hydrogen) atoms. The summed E-state index contributed by atoms with van der Waals surface area (Å²) in [6, 6.07) is 6.07. The van der Waals surface area contributed by atoms with E-state index in [1.807, 2.05) is 12.1 Å². The van der Waals surface area contributed by atoms with E-state index in [1.54, 1.807) is 13.1 Å². The van der Waals surface area contributed by atoms with Gasteiger partial charge in [-0.05, 0) is 50.0 Å². The topological polar surface area (TPSA) is 44.4 Å². The highest BCUT2D eigenvalue weighted by atomic mass is 35.5. The third kappa shape index (κ3) is 2.63. The van der Waals surface area contributed by atoms with Crippen LogP contribution in [-0.4, -0.2) is 43.5 Å². The molecule has 5 heteroatoms. The molecule has 0 aromatic heterocycles. The van der Waals surface area contributed by atoms with Gasteiger partial charge in [0.25, 0.3) is 5.91 Å². The van der Waals surface area contributed by atoms with Crippen LogP contribution in [0.5, 0.6) is 0 Å². The van der Waals surface area contributed by atoms with E-state index in [1.165, 1.54) is 25.9 Å². The van der Waals surface area contributed by atoms with E-state index < -0.39 is 0 Å². The van der Waals surface area contributed by atoms with Crippen LogP contribution in [-0.2, 0) is 0 Å². The molecule has 4 rings (SSSR count). The van der Waals surface area contributed by atoms with E-state index in [-0.39, 0.29) is 5.91 Å². The van der Waals surface area contributed by atoms with Crippen molar-refractivity contribution in [1.29, 1.82) is 0 Å². The largest absolute Gasteiger partial charge is 0.381 e. The van der Waals surface area contributed by atoms with Gasteiger partial charge in [-0.1, -0.05) is 11.6 Å². The quantitative estimate of drug-likeness (QED) is 0.898. The molecule has 1 aromatic carbocycles. The second-order valence-corrected chi connectivity index (χ2v) is 6.07. The lowest BCUT2D eigenvalue weighted by atomic mass is 9.84. The van der Waals surface area contributed by atoms with Gasteiger partial charge in [-0.2, -0.15) is 0 Å². The van der Waals surface area contributed by atoms with Crippen LogP contribution in [0.1, 0.15) is 23.2 Å². The molecule has 3 fully saturated rings. The summed E-state index contributed by atoms with van der Waals surface area (Å²) < 4.78 is 0. The Hall–Kier alpha value is -1.26. The highest BCUT2D eigenvalue weighted by Crippen LogP contribution is 2.30. The minimum absolute atomic E-state index is 0.146. The maximum absolute atomic E-state index is 11.8. The number of fused-ring (bicyclic) bond motifs is 3.